The molecule has 1 saturated carbocycles. The van der Waals surface area contributed by atoms with Gasteiger partial charge in [0.2, 0.25) is 0 Å². The number of nitrogens with zero attached hydrogens (tertiary/aromatic N) is 2. The molecule has 0 spiro atoms. The smallest absolute Gasteiger partial charge is 0.317 e. The average Bonchev–Trinajstić information content (AvgIpc) is 3.09. The number of carbonyl (C=O) groups excluding carboxylic acids is 1. The predicted molar refractivity (Wildman–Crippen MR) is 99.0 cm³/mol. The number of methoxy groups -OCH3 is 1. The van der Waals surface area contributed by atoms with E-state index in [1.165, 1.54) is 5.69 Å². The zero-order valence-corrected chi connectivity index (χ0v) is 15.5. The minimum atomic E-state index is 0.128. The van der Waals surface area contributed by atoms with Crippen molar-refractivity contribution < 1.29 is 9.53 Å². The van der Waals surface area contributed by atoms with Crippen LogP contribution in [0.2, 0.25) is 0 Å². The quantitative estimate of drug-likeness (QED) is 0.914. The Morgan fingerprint density at radius 2 is 2.04 bits per heavy atom. The van der Waals surface area contributed by atoms with Gasteiger partial charge in [0, 0.05) is 44.5 Å². The second kappa shape index (κ2) is 6.11. The Hall–Kier alpha value is -1.91. The van der Waals surface area contributed by atoms with Crippen LogP contribution in [0.25, 0.3) is 0 Å². The Morgan fingerprint density at radius 3 is 2.76 bits per heavy atom. The van der Waals surface area contributed by atoms with E-state index in [0.717, 1.165) is 44.9 Å². The number of ether oxygens (including phenoxy) is 1. The van der Waals surface area contributed by atoms with Crippen molar-refractivity contribution in [3.8, 4) is 5.75 Å². The lowest BCUT2D eigenvalue weighted by Gasteiger charge is -2.23. The van der Waals surface area contributed by atoms with E-state index < -0.39 is 0 Å². The number of hydrogen-bond acceptors (Lipinski definition) is 3. The number of carbonyl (C=O) groups is 1. The molecule has 4 rings (SSSR count). The number of urea groups is 1. The van der Waals surface area contributed by atoms with E-state index in [0.29, 0.717) is 23.2 Å². The molecule has 2 saturated heterocycles. The minimum Gasteiger partial charge on any atom is -0.497 e. The van der Waals surface area contributed by atoms with Crippen LogP contribution < -0.4 is 15.0 Å². The van der Waals surface area contributed by atoms with Gasteiger partial charge in [-0.05, 0) is 41.7 Å². The molecule has 136 valence electrons. The van der Waals surface area contributed by atoms with Crippen molar-refractivity contribution in [3.05, 3.63) is 24.3 Å². The zero-order valence-electron chi connectivity index (χ0n) is 15.5. The SMILES string of the molecule is COc1cccc(N2CCC(CNC(=O)N3CC4C(C3)C4(C)C)C2)c1. The number of piperidine rings is 1. The van der Waals surface area contributed by atoms with Crippen LogP contribution in [0.4, 0.5) is 10.5 Å². The second-order valence-corrected chi connectivity index (χ2v) is 8.43. The molecule has 1 aromatic carbocycles. The van der Waals surface area contributed by atoms with E-state index in [1.807, 2.05) is 17.0 Å². The number of benzene rings is 1. The molecule has 2 aliphatic heterocycles. The first kappa shape index (κ1) is 16.6. The molecule has 0 bridgehead atoms. The van der Waals surface area contributed by atoms with Gasteiger partial charge in [-0.25, -0.2) is 4.79 Å². The van der Waals surface area contributed by atoms with E-state index in [9.17, 15) is 4.79 Å². The predicted octanol–water partition coefficient (Wildman–Crippen LogP) is 2.82. The number of rotatable bonds is 4. The molecule has 5 nitrogen and oxygen atoms in total. The highest BCUT2D eigenvalue weighted by Gasteiger charge is 2.62. The molecule has 1 aromatic rings. The summed E-state index contributed by atoms with van der Waals surface area (Å²) in [4.78, 5) is 16.8. The van der Waals surface area contributed by atoms with Crippen molar-refractivity contribution in [1.82, 2.24) is 10.2 Å². The molecule has 5 heteroatoms. The second-order valence-electron chi connectivity index (χ2n) is 8.43. The van der Waals surface area contributed by atoms with Crippen molar-refractivity contribution in [2.24, 2.45) is 23.2 Å². The van der Waals surface area contributed by atoms with Crippen molar-refractivity contribution in [2.75, 3.05) is 44.7 Å². The third kappa shape index (κ3) is 3.05. The summed E-state index contributed by atoms with van der Waals surface area (Å²) in [6, 6.07) is 8.34. The summed E-state index contributed by atoms with van der Waals surface area (Å²) in [6.07, 6.45) is 1.12. The molecule has 1 aliphatic carbocycles. The number of nitrogens with one attached hydrogen (secondary N) is 1. The maximum Gasteiger partial charge on any atom is 0.317 e. The summed E-state index contributed by atoms with van der Waals surface area (Å²) in [7, 11) is 1.70. The topological polar surface area (TPSA) is 44.8 Å². The summed E-state index contributed by atoms with van der Waals surface area (Å²) < 4.78 is 5.31. The molecule has 3 atom stereocenters. The first-order chi connectivity index (χ1) is 12.0. The number of likely N-dealkylation sites (tertiary alicyclic amines) is 1. The summed E-state index contributed by atoms with van der Waals surface area (Å²) in [5.41, 5.74) is 1.66. The molecule has 0 radical (unpaired) electrons. The molecule has 25 heavy (non-hydrogen) atoms. The van der Waals surface area contributed by atoms with Crippen LogP contribution in [-0.2, 0) is 0 Å². The largest absolute Gasteiger partial charge is 0.497 e. The van der Waals surface area contributed by atoms with Crippen molar-refractivity contribution >= 4 is 11.7 Å². The van der Waals surface area contributed by atoms with Gasteiger partial charge in [0.1, 0.15) is 5.75 Å². The van der Waals surface area contributed by atoms with Crippen molar-refractivity contribution in [3.63, 3.8) is 0 Å². The van der Waals surface area contributed by atoms with Crippen LogP contribution in [0.5, 0.6) is 5.75 Å². The maximum atomic E-state index is 12.4. The fraction of sp³-hybridized carbons (Fsp3) is 0.650. The Kier molecular flexibility index (Phi) is 4.05. The summed E-state index contributed by atoms with van der Waals surface area (Å²) in [5, 5.41) is 3.17. The molecule has 3 unspecified atom stereocenters. The first-order valence-corrected chi connectivity index (χ1v) is 9.41. The third-order valence-corrected chi connectivity index (χ3v) is 6.66. The van der Waals surface area contributed by atoms with Crippen molar-refractivity contribution in [1.29, 1.82) is 0 Å². The molecule has 2 amide bonds. The van der Waals surface area contributed by atoms with E-state index in [2.05, 4.69) is 36.2 Å². The number of hydrogen-bond donors (Lipinski definition) is 1. The Bertz CT molecular complexity index is 646. The van der Waals surface area contributed by atoms with Crippen LogP contribution in [0, 0.1) is 23.2 Å². The van der Waals surface area contributed by atoms with Gasteiger partial charge in [0.05, 0.1) is 7.11 Å². The van der Waals surface area contributed by atoms with Crippen LogP contribution >= 0.6 is 0 Å². The molecule has 3 aliphatic rings. The van der Waals surface area contributed by atoms with E-state index in [1.54, 1.807) is 7.11 Å². The third-order valence-electron chi connectivity index (χ3n) is 6.66. The van der Waals surface area contributed by atoms with E-state index >= 15 is 0 Å². The highest BCUT2D eigenvalue weighted by Crippen LogP contribution is 2.61. The van der Waals surface area contributed by atoms with E-state index in [-0.39, 0.29) is 6.03 Å². The fourth-order valence-corrected chi connectivity index (χ4v) is 4.68. The van der Waals surface area contributed by atoms with Gasteiger partial charge in [-0.15, -0.1) is 0 Å². The van der Waals surface area contributed by atoms with Gasteiger partial charge in [-0.1, -0.05) is 19.9 Å². The lowest BCUT2D eigenvalue weighted by Crippen LogP contribution is -2.42. The highest BCUT2D eigenvalue weighted by atomic mass is 16.5. The molecule has 1 N–H and O–H groups in total. The van der Waals surface area contributed by atoms with Crippen LogP contribution in [-0.4, -0.2) is 50.8 Å². The Morgan fingerprint density at radius 1 is 1.28 bits per heavy atom. The summed E-state index contributed by atoms with van der Waals surface area (Å²) >= 11 is 0. The lowest BCUT2D eigenvalue weighted by atomic mass is 10.1. The van der Waals surface area contributed by atoms with Crippen LogP contribution in [0.15, 0.2) is 24.3 Å². The van der Waals surface area contributed by atoms with E-state index in [4.69, 9.17) is 4.74 Å². The Labute approximate surface area is 150 Å². The van der Waals surface area contributed by atoms with Gasteiger partial charge in [-0.2, -0.15) is 0 Å². The summed E-state index contributed by atoms with van der Waals surface area (Å²) in [6.45, 7) is 9.32. The average molecular weight is 343 g/mol. The van der Waals surface area contributed by atoms with Gasteiger partial charge >= 0.3 is 6.03 Å². The van der Waals surface area contributed by atoms with Crippen LogP contribution in [0.3, 0.4) is 0 Å². The van der Waals surface area contributed by atoms with Crippen LogP contribution in [0.1, 0.15) is 20.3 Å². The number of anilines is 1. The van der Waals surface area contributed by atoms with Gasteiger partial charge < -0.3 is 19.9 Å². The molecular formula is C20H29N3O2. The molecule has 3 fully saturated rings. The van der Waals surface area contributed by atoms with Gasteiger partial charge in [0.15, 0.2) is 0 Å². The zero-order chi connectivity index (χ0) is 17.6. The lowest BCUT2D eigenvalue weighted by molar-refractivity contribution is 0.194. The number of amides is 2. The maximum absolute atomic E-state index is 12.4. The molecule has 2 heterocycles. The fourth-order valence-electron chi connectivity index (χ4n) is 4.68. The first-order valence-electron chi connectivity index (χ1n) is 9.41. The van der Waals surface area contributed by atoms with Crippen molar-refractivity contribution in [2.45, 2.75) is 20.3 Å². The minimum absolute atomic E-state index is 0.128. The standard InChI is InChI=1S/C20H29N3O2/c1-20(2)17-12-23(13-18(17)20)19(24)21-10-14-7-8-22(11-14)15-5-4-6-16(9-15)25-3/h4-6,9,14,17-18H,7-8,10-13H2,1-3H3,(H,21,24). The monoisotopic (exact) mass is 343 g/mol. The molecule has 0 aromatic heterocycles. The number of fused-ring (bicyclic) bond motifs is 1. The Balaban J connectivity index is 1.24. The van der Waals surface area contributed by atoms with Gasteiger partial charge in [0.25, 0.3) is 0 Å². The normalized spacial score (nSPS) is 29.5. The summed E-state index contributed by atoms with van der Waals surface area (Å²) in [5.74, 6) is 2.84. The molecular weight excluding hydrogens is 314 g/mol. The van der Waals surface area contributed by atoms with Gasteiger partial charge in [-0.3, -0.25) is 0 Å². The highest BCUT2D eigenvalue weighted by molar-refractivity contribution is 5.75.